The lowest BCUT2D eigenvalue weighted by Crippen LogP contribution is -2.39. The number of aromatic nitrogens is 3. The van der Waals surface area contributed by atoms with Crippen LogP contribution in [0, 0.1) is 12.7 Å². The predicted octanol–water partition coefficient (Wildman–Crippen LogP) is 7.30. The topological polar surface area (TPSA) is 95.5 Å². The first-order valence-electron chi connectivity index (χ1n) is 13.1. The van der Waals surface area contributed by atoms with Crippen molar-refractivity contribution in [2.75, 3.05) is 12.4 Å². The van der Waals surface area contributed by atoms with Gasteiger partial charge >= 0.3 is 6.09 Å². The quantitative estimate of drug-likeness (QED) is 0.234. The number of para-hydroxylation sites is 1. The second-order valence-corrected chi connectivity index (χ2v) is 10.8. The third kappa shape index (κ3) is 5.40. The van der Waals surface area contributed by atoms with Crippen molar-refractivity contribution in [3.05, 3.63) is 72.2 Å². The highest BCUT2D eigenvalue weighted by Crippen LogP contribution is 2.38. The molecule has 0 bridgehead atoms. The molecule has 6 rings (SSSR count). The van der Waals surface area contributed by atoms with E-state index in [1.165, 1.54) is 17.4 Å². The molecule has 0 spiro atoms. The van der Waals surface area contributed by atoms with Gasteiger partial charge in [0, 0.05) is 23.4 Å². The minimum atomic E-state index is -0.555. The minimum absolute atomic E-state index is 0.116. The van der Waals surface area contributed by atoms with E-state index in [2.05, 4.69) is 15.3 Å². The molecular weight excluding hydrogens is 531 g/mol. The van der Waals surface area contributed by atoms with Crippen LogP contribution in [0.5, 0.6) is 11.6 Å². The summed E-state index contributed by atoms with van der Waals surface area (Å²) < 4.78 is 33.1. The van der Waals surface area contributed by atoms with Crippen molar-refractivity contribution in [2.45, 2.75) is 44.8 Å². The summed E-state index contributed by atoms with van der Waals surface area (Å²) in [6, 6.07) is 16.1. The summed E-state index contributed by atoms with van der Waals surface area (Å²) in [4.78, 5) is 26.3. The molecule has 1 fully saturated rings. The SMILES string of the molecule is COc1cnc2c(-c3nc4cc(F)c(O[C@H]5CCCC[C@H]5OC(=O)Nc5ccccc5)cc4s3)cc(C)cc2n1. The van der Waals surface area contributed by atoms with E-state index in [1.807, 2.05) is 37.3 Å². The van der Waals surface area contributed by atoms with Gasteiger partial charge in [-0.25, -0.2) is 24.1 Å². The molecule has 0 aliphatic heterocycles. The van der Waals surface area contributed by atoms with Gasteiger partial charge in [-0.05, 0) is 62.4 Å². The first-order valence-corrected chi connectivity index (χ1v) is 13.9. The molecule has 40 heavy (non-hydrogen) atoms. The van der Waals surface area contributed by atoms with Crippen molar-refractivity contribution >= 4 is 44.4 Å². The Balaban J connectivity index is 1.25. The molecule has 1 N–H and O–H groups in total. The fourth-order valence-corrected chi connectivity index (χ4v) is 5.94. The number of ether oxygens (including phenoxy) is 3. The van der Waals surface area contributed by atoms with Crippen LogP contribution in [0.4, 0.5) is 14.9 Å². The first kappa shape index (κ1) is 25.9. The molecule has 3 aromatic carbocycles. The van der Waals surface area contributed by atoms with Crippen LogP contribution in [0.25, 0.3) is 31.8 Å². The Morgan fingerprint density at radius 2 is 1.82 bits per heavy atom. The molecule has 204 valence electrons. The molecular formula is C30H27FN4O4S. The molecule has 1 saturated carbocycles. The van der Waals surface area contributed by atoms with Gasteiger partial charge in [0.1, 0.15) is 17.2 Å². The summed E-state index contributed by atoms with van der Waals surface area (Å²) in [5.41, 5.74) is 4.38. The van der Waals surface area contributed by atoms with Crippen LogP contribution in [0.2, 0.25) is 0 Å². The molecule has 1 amide bonds. The number of amides is 1. The zero-order chi connectivity index (χ0) is 27.6. The molecule has 5 aromatic rings. The minimum Gasteiger partial charge on any atom is -0.483 e. The number of carbonyl (C=O) groups excluding carboxylic acids is 1. The number of benzene rings is 3. The number of nitrogens with zero attached hydrogens (tertiary/aromatic N) is 3. The predicted molar refractivity (Wildman–Crippen MR) is 153 cm³/mol. The summed E-state index contributed by atoms with van der Waals surface area (Å²) in [6.45, 7) is 1.98. The van der Waals surface area contributed by atoms with Crippen LogP contribution in [0.15, 0.2) is 60.8 Å². The second-order valence-electron chi connectivity index (χ2n) is 9.74. The van der Waals surface area contributed by atoms with Gasteiger partial charge in [0.15, 0.2) is 11.6 Å². The summed E-state index contributed by atoms with van der Waals surface area (Å²) in [5, 5.41) is 3.44. The van der Waals surface area contributed by atoms with Gasteiger partial charge in [-0.2, -0.15) is 0 Å². The number of hydrogen-bond acceptors (Lipinski definition) is 8. The molecule has 0 unspecified atom stereocenters. The number of anilines is 1. The van der Waals surface area contributed by atoms with E-state index < -0.39 is 24.1 Å². The molecule has 10 heteroatoms. The van der Waals surface area contributed by atoms with Gasteiger partial charge in [-0.15, -0.1) is 11.3 Å². The van der Waals surface area contributed by atoms with Crippen LogP contribution in [-0.2, 0) is 4.74 Å². The van der Waals surface area contributed by atoms with Gasteiger partial charge in [-0.1, -0.05) is 18.2 Å². The molecule has 0 saturated heterocycles. The lowest BCUT2D eigenvalue weighted by Gasteiger charge is -2.31. The highest BCUT2D eigenvalue weighted by Gasteiger charge is 2.31. The molecule has 0 radical (unpaired) electrons. The van der Waals surface area contributed by atoms with E-state index >= 15 is 4.39 Å². The maximum absolute atomic E-state index is 15.2. The first-order chi connectivity index (χ1) is 19.5. The van der Waals surface area contributed by atoms with Gasteiger partial charge in [0.25, 0.3) is 0 Å². The Morgan fingerprint density at radius 3 is 2.62 bits per heavy atom. The fourth-order valence-electron chi connectivity index (χ4n) is 4.95. The zero-order valence-electron chi connectivity index (χ0n) is 22.0. The average Bonchev–Trinajstić information content (AvgIpc) is 3.36. The molecule has 2 heterocycles. The van der Waals surface area contributed by atoms with Gasteiger partial charge < -0.3 is 14.2 Å². The van der Waals surface area contributed by atoms with Crippen LogP contribution >= 0.6 is 11.3 Å². The third-order valence-electron chi connectivity index (χ3n) is 6.85. The Labute approximate surface area is 234 Å². The fraction of sp³-hybridized carbons (Fsp3) is 0.267. The lowest BCUT2D eigenvalue weighted by atomic mass is 9.94. The highest BCUT2D eigenvalue weighted by molar-refractivity contribution is 7.21. The van der Waals surface area contributed by atoms with Crippen molar-refractivity contribution in [2.24, 2.45) is 0 Å². The van der Waals surface area contributed by atoms with E-state index in [1.54, 1.807) is 31.5 Å². The smallest absolute Gasteiger partial charge is 0.412 e. The van der Waals surface area contributed by atoms with Gasteiger partial charge in [0.05, 0.1) is 34.6 Å². The Bertz CT molecular complexity index is 1690. The van der Waals surface area contributed by atoms with Crippen molar-refractivity contribution in [3.8, 4) is 22.2 Å². The standard InChI is InChI=1S/C30H27FN4O4S/c1-17-12-19(28-22(13-17)34-27(37-2)16-32-28)29-35-21-14-20(31)25(15-26(21)40-29)38-23-10-6-7-11-24(23)39-30(36)33-18-8-4-3-5-9-18/h3-5,8-9,12-16,23-24H,6-7,10-11H2,1-2H3,(H,33,36)/t23-,24+/m0/s1. The Hall–Kier alpha value is -4.31. The summed E-state index contributed by atoms with van der Waals surface area (Å²) in [5.74, 6) is 0.0334. The third-order valence-corrected chi connectivity index (χ3v) is 7.90. The second kappa shape index (κ2) is 11.1. The number of halogens is 1. The average molecular weight is 559 g/mol. The number of thiazole rings is 1. The summed E-state index contributed by atoms with van der Waals surface area (Å²) in [7, 11) is 1.55. The van der Waals surface area contributed by atoms with Crippen molar-refractivity contribution in [3.63, 3.8) is 0 Å². The van der Waals surface area contributed by atoms with Gasteiger partial charge in [0.2, 0.25) is 5.88 Å². The number of methoxy groups -OCH3 is 1. The van der Waals surface area contributed by atoms with Crippen LogP contribution in [0.3, 0.4) is 0 Å². The number of fused-ring (bicyclic) bond motifs is 2. The summed E-state index contributed by atoms with van der Waals surface area (Å²) in [6.07, 6.45) is 3.19. The lowest BCUT2D eigenvalue weighted by molar-refractivity contribution is -0.00440. The molecule has 1 aliphatic rings. The van der Waals surface area contributed by atoms with Crippen molar-refractivity contribution < 1.29 is 23.4 Å². The maximum atomic E-state index is 15.2. The van der Waals surface area contributed by atoms with E-state index in [0.29, 0.717) is 46.0 Å². The molecule has 8 nitrogen and oxygen atoms in total. The van der Waals surface area contributed by atoms with E-state index in [-0.39, 0.29) is 5.75 Å². The number of aryl methyl sites for hydroxylation is 1. The molecule has 2 aromatic heterocycles. The monoisotopic (exact) mass is 558 g/mol. The van der Waals surface area contributed by atoms with Crippen LogP contribution in [0.1, 0.15) is 31.2 Å². The molecule has 2 atom stereocenters. The summed E-state index contributed by atoms with van der Waals surface area (Å²) >= 11 is 1.43. The Morgan fingerprint density at radius 1 is 1.02 bits per heavy atom. The van der Waals surface area contributed by atoms with Crippen LogP contribution < -0.4 is 14.8 Å². The van der Waals surface area contributed by atoms with Crippen LogP contribution in [-0.4, -0.2) is 40.4 Å². The Kier molecular flexibility index (Phi) is 7.17. The van der Waals surface area contributed by atoms with Crippen molar-refractivity contribution in [1.29, 1.82) is 0 Å². The van der Waals surface area contributed by atoms with Gasteiger partial charge in [-0.3, -0.25) is 5.32 Å². The number of hydrogen-bond donors (Lipinski definition) is 1. The van der Waals surface area contributed by atoms with E-state index in [4.69, 9.17) is 19.2 Å². The van der Waals surface area contributed by atoms with E-state index in [0.717, 1.165) is 28.7 Å². The number of nitrogens with one attached hydrogen (secondary N) is 1. The number of carbonyl (C=O) groups is 1. The zero-order valence-corrected chi connectivity index (χ0v) is 22.8. The molecule has 1 aliphatic carbocycles. The number of rotatable bonds is 6. The van der Waals surface area contributed by atoms with E-state index in [9.17, 15) is 4.79 Å². The van der Waals surface area contributed by atoms with Crippen molar-refractivity contribution in [1.82, 2.24) is 15.0 Å². The maximum Gasteiger partial charge on any atom is 0.412 e. The normalized spacial score (nSPS) is 17.1. The highest BCUT2D eigenvalue weighted by atomic mass is 32.1. The largest absolute Gasteiger partial charge is 0.483 e.